The van der Waals surface area contributed by atoms with Crippen LogP contribution < -0.4 is 0 Å². The molecule has 0 aromatic heterocycles. The standard InChI is InChI=1S/C19H35B2N3.C3H8/c1-7-8-12-15-23-20(4)22(6)18-19(2,3)16-13-10-9-11-14-17(16)24(18)21(23)5;1-3-2/h10,13,18H,7-9,11-12,14-15H2,1-6H3;3H2,1-2H3. The average molecular weight is 371 g/mol. The van der Waals surface area contributed by atoms with Gasteiger partial charge < -0.3 is 14.3 Å². The number of fused-ring (bicyclic) bond motifs is 2. The molecule has 1 saturated heterocycles. The Balaban J connectivity index is 0.000000817. The normalized spacial score (nSPS) is 25.2. The molecule has 0 amide bonds. The van der Waals surface area contributed by atoms with Crippen LogP contribution in [0.5, 0.6) is 0 Å². The first-order chi connectivity index (χ1) is 12.8. The molecule has 3 nitrogen and oxygen atoms in total. The molecule has 5 heteroatoms. The van der Waals surface area contributed by atoms with Crippen LogP contribution in [0.1, 0.15) is 79.6 Å². The third-order valence-corrected chi connectivity index (χ3v) is 6.65. The Morgan fingerprint density at radius 1 is 1.11 bits per heavy atom. The molecule has 1 fully saturated rings. The summed E-state index contributed by atoms with van der Waals surface area (Å²) in [6.07, 6.45) is 14.3. The zero-order chi connectivity index (χ0) is 20.2. The Bertz CT molecular complexity index is 544. The summed E-state index contributed by atoms with van der Waals surface area (Å²) in [4.78, 5) is 5.38. The second-order valence-electron chi connectivity index (χ2n) is 9.24. The first-order valence-corrected chi connectivity index (χ1v) is 11.5. The van der Waals surface area contributed by atoms with E-state index >= 15 is 0 Å². The van der Waals surface area contributed by atoms with E-state index in [2.05, 4.69) is 81.8 Å². The van der Waals surface area contributed by atoms with E-state index in [-0.39, 0.29) is 5.41 Å². The minimum atomic E-state index is 0.197. The summed E-state index contributed by atoms with van der Waals surface area (Å²) in [6, 6.07) is 0. The summed E-state index contributed by atoms with van der Waals surface area (Å²) in [5.74, 6) is 0. The molecule has 1 unspecified atom stereocenters. The summed E-state index contributed by atoms with van der Waals surface area (Å²) in [6.45, 7) is 18.5. The Morgan fingerprint density at radius 2 is 1.78 bits per heavy atom. The Kier molecular flexibility index (Phi) is 8.12. The van der Waals surface area contributed by atoms with E-state index in [1.54, 1.807) is 11.3 Å². The largest absolute Gasteiger partial charge is 0.390 e. The van der Waals surface area contributed by atoms with Crippen LogP contribution >= 0.6 is 0 Å². The van der Waals surface area contributed by atoms with Crippen LogP contribution in [-0.2, 0) is 0 Å². The van der Waals surface area contributed by atoms with Crippen molar-refractivity contribution in [1.29, 1.82) is 0 Å². The topological polar surface area (TPSA) is 9.72 Å². The molecule has 2 aliphatic heterocycles. The fourth-order valence-corrected chi connectivity index (χ4v) is 5.27. The average Bonchev–Trinajstić information content (AvgIpc) is 2.77. The van der Waals surface area contributed by atoms with E-state index in [4.69, 9.17) is 0 Å². The van der Waals surface area contributed by atoms with Gasteiger partial charge >= 0.3 is 6.98 Å². The summed E-state index contributed by atoms with van der Waals surface area (Å²) >= 11 is 0. The highest BCUT2D eigenvalue weighted by atomic mass is 15.4. The molecule has 152 valence electrons. The van der Waals surface area contributed by atoms with Crippen molar-refractivity contribution in [2.24, 2.45) is 5.41 Å². The molecular formula is C22H43B2N3. The molecule has 0 aromatic rings. The summed E-state index contributed by atoms with van der Waals surface area (Å²) in [7, 11) is 2.33. The van der Waals surface area contributed by atoms with Crippen LogP contribution in [0.25, 0.3) is 0 Å². The van der Waals surface area contributed by atoms with Gasteiger partial charge in [-0.2, -0.15) is 0 Å². The summed E-state index contributed by atoms with van der Waals surface area (Å²) < 4.78 is 2.72. The first-order valence-electron chi connectivity index (χ1n) is 11.5. The monoisotopic (exact) mass is 371 g/mol. The fourth-order valence-electron chi connectivity index (χ4n) is 5.27. The van der Waals surface area contributed by atoms with Crippen LogP contribution in [0, 0.1) is 5.41 Å². The van der Waals surface area contributed by atoms with E-state index < -0.39 is 0 Å². The van der Waals surface area contributed by atoms with Crippen LogP contribution in [0.4, 0.5) is 0 Å². The van der Waals surface area contributed by atoms with Gasteiger partial charge in [0.1, 0.15) is 0 Å². The van der Waals surface area contributed by atoms with Gasteiger partial charge in [-0.05, 0) is 44.8 Å². The lowest BCUT2D eigenvalue weighted by molar-refractivity contribution is 0.117. The van der Waals surface area contributed by atoms with E-state index in [9.17, 15) is 0 Å². The predicted molar refractivity (Wildman–Crippen MR) is 123 cm³/mol. The Hall–Kier alpha value is -0.670. The lowest BCUT2D eigenvalue weighted by Crippen LogP contribution is -2.73. The van der Waals surface area contributed by atoms with Crippen molar-refractivity contribution < 1.29 is 0 Å². The maximum absolute atomic E-state index is 2.76. The van der Waals surface area contributed by atoms with Gasteiger partial charge in [0.2, 0.25) is 0 Å². The molecule has 27 heavy (non-hydrogen) atoms. The van der Waals surface area contributed by atoms with E-state index in [0.717, 1.165) is 0 Å². The van der Waals surface area contributed by atoms with Gasteiger partial charge in [-0.25, -0.2) is 0 Å². The molecule has 0 aromatic carbocycles. The van der Waals surface area contributed by atoms with Gasteiger partial charge in [-0.1, -0.05) is 79.7 Å². The third kappa shape index (κ3) is 4.34. The SMILES string of the molecule is CCC.CCCCCN1B(C)N(C)C2N(B1C)C1=C(C=CCCC1)C2(C)C. The molecule has 3 aliphatic rings. The maximum atomic E-state index is 2.76. The molecule has 2 heterocycles. The molecule has 0 radical (unpaired) electrons. The highest BCUT2D eigenvalue weighted by molar-refractivity contribution is 6.70. The quantitative estimate of drug-likeness (QED) is 0.461. The maximum Gasteiger partial charge on any atom is 0.330 e. The number of hydrogen-bond acceptors (Lipinski definition) is 3. The predicted octanol–water partition coefficient (Wildman–Crippen LogP) is 5.74. The van der Waals surface area contributed by atoms with Gasteiger partial charge in [-0.15, -0.1) is 0 Å². The number of allylic oxidation sites excluding steroid dienone is 3. The molecule has 0 spiro atoms. The minimum absolute atomic E-state index is 0.197. The number of unbranched alkanes of at least 4 members (excludes halogenated alkanes) is 2. The van der Waals surface area contributed by atoms with Crippen molar-refractivity contribution in [2.45, 2.75) is 99.4 Å². The van der Waals surface area contributed by atoms with Crippen LogP contribution in [-0.4, -0.2) is 48.1 Å². The number of hydrogen-bond donors (Lipinski definition) is 0. The fraction of sp³-hybridized carbons (Fsp3) is 0.818. The Labute approximate surface area is 170 Å². The zero-order valence-corrected chi connectivity index (χ0v) is 19.4. The highest BCUT2D eigenvalue weighted by Gasteiger charge is 2.55. The second kappa shape index (κ2) is 9.69. The van der Waals surface area contributed by atoms with E-state index in [1.165, 1.54) is 51.5 Å². The molecule has 0 saturated carbocycles. The van der Waals surface area contributed by atoms with Gasteiger partial charge in [-0.3, -0.25) is 0 Å². The lowest BCUT2D eigenvalue weighted by Gasteiger charge is -2.55. The zero-order valence-electron chi connectivity index (χ0n) is 19.4. The molecule has 1 aliphatic carbocycles. The summed E-state index contributed by atoms with van der Waals surface area (Å²) in [5.41, 5.74) is 3.40. The molecule has 3 rings (SSSR count). The molecule has 1 atom stereocenters. The number of rotatable bonds is 4. The van der Waals surface area contributed by atoms with Crippen molar-refractivity contribution in [1.82, 2.24) is 14.3 Å². The molecule has 0 N–H and O–H groups in total. The number of nitrogens with zero attached hydrogens (tertiary/aromatic N) is 3. The van der Waals surface area contributed by atoms with Crippen LogP contribution in [0.2, 0.25) is 13.6 Å². The van der Waals surface area contributed by atoms with Gasteiger partial charge in [0.15, 0.2) is 0 Å². The van der Waals surface area contributed by atoms with Crippen LogP contribution in [0.3, 0.4) is 0 Å². The van der Waals surface area contributed by atoms with E-state index in [0.29, 0.717) is 20.1 Å². The third-order valence-electron chi connectivity index (χ3n) is 6.65. The first kappa shape index (κ1) is 22.6. The molecule has 0 bridgehead atoms. The second-order valence-corrected chi connectivity index (χ2v) is 9.24. The van der Waals surface area contributed by atoms with Gasteiger partial charge in [0, 0.05) is 11.1 Å². The van der Waals surface area contributed by atoms with Gasteiger partial charge in [0.25, 0.3) is 6.98 Å². The Morgan fingerprint density at radius 3 is 2.41 bits per heavy atom. The van der Waals surface area contributed by atoms with Gasteiger partial charge in [0.05, 0.1) is 6.17 Å². The van der Waals surface area contributed by atoms with Crippen molar-refractivity contribution in [2.75, 3.05) is 13.6 Å². The summed E-state index contributed by atoms with van der Waals surface area (Å²) in [5, 5.41) is 0. The van der Waals surface area contributed by atoms with Crippen LogP contribution in [0.15, 0.2) is 23.4 Å². The van der Waals surface area contributed by atoms with Crippen molar-refractivity contribution in [3.8, 4) is 0 Å². The van der Waals surface area contributed by atoms with E-state index in [1.807, 2.05) is 0 Å². The van der Waals surface area contributed by atoms with Crippen molar-refractivity contribution in [3.63, 3.8) is 0 Å². The lowest BCUT2D eigenvalue weighted by atomic mass is 9.55. The van der Waals surface area contributed by atoms with Crippen molar-refractivity contribution in [3.05, 3.63) is 23.4 Å². The molecular weight excluding hydrogens is 328 g/mol. The van der Waals surface area contributed by atoms with Crippen molar-refractivity contribution >= 4 is 14.0 Å². The highest BCUT2D eigenvalue weighted by Crippen LogP contribution is 2.50. The smallest absolute Gasteiger partial charge is 0.330 e. The minimum Gasteiger partial charge on any atom is -0.390 e.